The quantitative estimate of drug-likeness (QED) is 0.609. The fourth-order valence-corrected chi connectivity index (χ4v) is 6.32. The summed E-state index contributed by atoms with van der Waals surface area (Å²) in [6, 6.07) is 3.55. The Morgan fingerprint density at radius 1 is 0.882 bits per heavy atom. The number of nitrogens with zero attached hydrogens (tertiary/aromatic N) is 2. The first-order valence-electron chi connectivity index (χ1n) is 11.5. The van der Waals surface area contributed by atoms with E-state index in [1.807, 2.05) is 50.3 Å². The van der Waals surface area contributed by atoms with E-state index in [1.54, 1.807) is 12.2 Å². The zero-order valence-electron chi connectivity index (χ0n) is 18.9. The van der Waals surface area contributed by atoms with Crippen LogP contribution in [0.15, 0.2) is 70.9 Å². The van der Waals surface area contributed by atoms with E-state index in [4.69, 9.17) is 0 Å². The Labute approximate surface area is 195 Å². The van der Waals surface area contributed by atoms with Gasteiger partial charge in [0, 0.05) is 35.7 Å². The largest absolute Gasteiger partial charge is 0.277 e. The van der Waals surface area contributed by atoms with Crippen LogP contribution in [0.4, 0.5) is 0 Å². The van der Waals surface area contributed by atoms with E-state index in [9.17, 15) is 19.2 Å². The average Bonchev–Trinajstić information content (AvgIpc) is 2.83. The van der Waals surface area contributed by atoms with Crippen molar-refractivity contribution in [2.24, 2.45) is 5.92 Å². The van der Waals surface area contributed by atoms with Gasteiger partial charge < -0.3 is 0 Å². The highest BCUT2D eigenvalue weighted by molar-refractivity contribution is 6.20. The van der Waals surface area contributed by atoms with E-state index in [0.717, 1.165) is 38.3 Å². The number of allylic oxidation sites excluding steroid dienone is 5. The number of hydrogen-bond donors (Lipinski definition) is 0. The Bertz CT molecular complexity index is 1630. The maximum Gasteiger partial charge on any atom is 0.261 e. The van der Waals surface area contributed by atoms with Crippen molar-refractivity contribution < 1.29 is 19.2 Å². The molecule has 0 saturated carbocycles. The van der Waals surface area contributed by atoms with Gasteiger partial charge in [0.25, 0.3) is 17.7 Å². The molecule has 34 heavy (non-hydrogen) atoms. The summed E-state index contributed by atoms with van der Waals surface area (Å²) in [6.07, 6.45) is 11.4. The number of fused-ring (bicyclic) bond motifs is 1. The van der Waals surface area contributed by atoms with Gasteiger partial charge in [-0.05, 0) is 70.4 Å². The van der Waals surface area contributed by atoms with Crippen molar-refractivity contribution >= 4 is 34.8 Å². The summed E-state index contributed by atoms with van der Waals surface area (Å²) in [4.78, 5) is 55.0. The molecule has 0 spiro atoms. The van der Waals surface area contributed by atoms with Crippen LogP contribution in [0, 0.1) is 5.92 Å². The molecule has 4 aliphatic carbocycles. The molecule has 0 bridgehead atoms. The van der Waals surface area contributed by atoms with Crippen molar-refractivity contribution in [3.8, 4) is 0 Å². The summed E-state index contributed by atoms with van der Waals surface area (Å²) in [5, 5.41) is 1.87. The third kappa shape index (κ3) is 2.03. The smallest absolute Gasteiger partial charge is 0.261 e. The van der Waals surface area contributed by atoms with Gasteiger partial charge in [-0.2, -0.15) is 0 Å². The van der Waals surface area contributed by atoms with Crippen molar-refractivity contribution in [1.29, 1.82) is 0 Å². The first-order valence-corrected chi connectivity index (χ1v) is 11.5. The Hall–Kier alpha value is -4.06. The fraction of sp³-hybridized carbons (Fsp3) is 0.214. The maximum absolute atomic E-state index is 13.3. The molecule has 166 valence electrons. The summed E-state index contributed by atoms with van der Waals surface area (Å²) < 4.78 is 0. The number of hydrogen-bond acceptors (Lipinski definition) is 4. The molecule has 6 heteroatoms. The van der Waals surface area contributed by atoms with Crippen LogP contribution in [-0.2, 0) is 14.4 Å². The molecule has 2 aliphatic heterocycles. The number of carbonyl (C=O) groups excluding carboxylic acids is 4. The Balaban J connectivity index is 1.59. The van der Waals surface area contributed by atoms with E-state index in [0.29, 0.717) is 16.7 Å². The zero-order valence-corrected chi connectivity index (χ0v) is 18.9. The molecule has 7 rings (SSSR count). The highest BCUT2D eigenvalue weighted by Gasteiger charge is 2.46. The lowest BCUT2D eigenvalue weighted by atomic mass is 9.65. The Morgan fingerprint density at radius 2 is 1.68 bits per heavy atom. The van der Waals surface area contributed by atoms with Gasteiger partial charge in [0.15, 0.2) is 0 Å². The third-order valence-corrected chi connectivity index (χ3v) is 7.79. The van der Waals surface area contributed by atoms with Crippen molar-refractivity contribution in [2.75, 3.05) is 7.05 Å². The lowest BCUT2D eigenvalue weighted by Crippen LogP contribution is -2.53. The van der Waals surface area contributed by atoms with E-state index >= 15 is 0 Å². The van der Waals surface area contributed by atoms with E-state index in [1.165, 1.54) is 16.8 Å². The van der Waals surface area contributed by atoms with E-state index in [-0.39, 0.29) is 35.6 Å². The summed E-state index contributed by atoms with van der Waals surface area (Å²) in [6.45, 7) is 3.70. The molecule has 0 N–H and O–H groups in total. The highest BCUT2D eigenvalue weighted by Crippen LogP contribution is 2.49. The number of amides is 4. The number of rotatable bonds is 1. The molecule has 2 unspecified atom stereocenters. The predicted octanol–water partition coefficient (Wildman–Crippen LogP) is 1.39. The molecule has 1 aromatic carbocycles. The van der Waals surface area contributed by atoms with E-state index in [2.05, 4.69) is 0 Å². The number of imide groups is 2. The first kappa shape index (κ1) is 19.4. The van der Waals surface area contributed by atoms with Crippen molar-refractivity contribution in [3.05, 3.63) is 92.4 Å². The van der Waals surface area contributed by atoms with Crippen LogP contribution in [0.5, 0.6) is 0 Å². The van der Waals surface area contributed by atoms with Crippen LogP contribution in [0.25, 0.3) is 11.1 Å². The van der Waals surface area contributed by atoms with Gasteiger partial charge in [0.05, 0.1) is 5.92 Å². The molecule has 0 radical (unpaired) electrons. The molecule has 0 aromatic heterocycles. The monoisotopic (exact) mass is 448 g/mol. The second kappa shape index (κ2) is 6.08. The van der Waals surface area contributed by atoms with Gasteiger partial charge in [0.1, 0.15) is 0 Å². The van der Waals surface area contributed by atoms with Crippen LogP contribution in [-0.4, -0.2) is 46.5 Å². The van der Waals surface area contributed by atoms with Gasteiger partial charge in [0.2, 0.25) is 5.91 Å². The van der Waals surface area contributed by atoms with Gasteiger partial charge in [-0.1, -0.05) is 30.4 Å². The number of benzene rings is 1. The normalized spacial score (nSPS) is 25.8. The van der Waals surface area contributed by atoms with Crippen LogP contribution >= 0.6 is 0 Å². The molecule has 0 fully saturated rings. The number of likely N-dealkylation sites (N-methyl/N-ethyl adjacent to an activating group) is 1. The molecule has 1 aromatic rings. The summed E-state index contributed by atoms with van der Waals surface area (Å²) >= 11 is 0. The second-order valence-electron chi connectivity index (χ2n) is 9.73. The Kier molecular flexibility index (Phi) is 3.47. The van der Waals surface area contributed by atoms with Crippen molar-refractivity contribution in [2.45, 2.75) is 25.8 Å². The molecule has 2 heterocycles. The lowest BCUT2D eigenvalue weighted by Gasteiger charge is -2.41. The summed E-state index contributed by atoms with van der Waals surface area (Å²) in [5.41, 5.74) is 6.11. The van der Waals surface area contributed by atoms with Crippen LogP contribution in [0.2, 0.25) is 0 Å². The zero-order chi connectivity index (χ0) is 23.6. The predicted molar refractivity (Wildman–Crippen MR) is 124 cm³/mol. The topological polar surface area (TPSA) is 74.8 Å². The van der Waals surface area contributed by atoms with Gasteiger partial charge in [-0.3, -0.25) is 29.0 Å². The van der Waals surface area contributed by atoms with Crippen LogP contribution in [0.3, 0.4) is 0 Å². The molecule has 4 amide bonds. The minimum Gasteiger partial charge on any atom is -0.277 e. The van der Waals surface area contributed by atoms with Crippen LogP contribution < -0.4 is 10.4 Å². The van der Waals surface area contributed by atoms with E-state index < -0.39 is 5.92 Å². The standard InChI is InChI=1S/C28H20N2O4/c1-12(2)30-27(33)19-10-6-15-13-4-8-17-23-18(26(32)29(3)25(17)31)9-5-14(21(13)23)16-7-11-20(28(30)34)24(19)22(15)16/h4-12,19,21H,1-3H3. The molecular weight excluding hydrogens is 428 g/mol. The van der Waals surface area contributed by atoms with Gasteiger partial charge in [-0.25, -0.2) is 0 Å². The number of carbonyl (C=O) groups is 4. The SMILES string of the molecule is CC(C)N1C(=O)c2ccc3c4c2C(C=CC=4C2=CC=C4C(=O)N(C)C(=O)C5=C4C2C=3C=C5)C1=O. The van der Waals surface area contributed by atoms with Gasteiger partial charge >= 0.3 is 0 Å². The van der Waals surface area contributed by atoms with Gasteiger partial charge in [-0.15, -0.1) is 0 Å². The fourth-order valence-electron chi connectivity index (χ4n) is 6.32. The molecule has 2 atom stereocenters. The molecule has 6 nitrogen and oxygen atoms in total. The first-order chi connectivity index (χ1) is 16.3. The van der Waals surface area contributed by atoms with Crippen molar-refractivity contribution in [3.63, 3.8) is 0 Å². The molecule has 6 aliphatic rings. The second-order valence-corrected chi connectivity index (χ2v) is 9.73. The van der Waals surface area contributed by atoms with Crippen molar-refractivity contribution in [1.82, 2.24) is 9.80 Å². The Morgan fingerprint density at radius 3 is 2.44 bits per heavy atom. The third-order valence-electron chi connectivity index (χ3n) is 7.79. The highest BCUT2D eigenvalue weighted by atomic mass is 16.2. The minimum atomic E-state index is -0.505. The summed E-state index contributed by atoms with van der Waals surface area (Å²) in [5.74, 6) is -1.77. The average molecular weight is 448 g/mol. The maximum atomic E-state index is 13.3. The van der Waals surface area contributed by atoms with Crippen LogP contribution in [0.1, 0.15) is 35.7 Å². The lowest BCUT2D eigenvalue weighted by molar-refractivity contribution is -0.139. The molecular formula is C28H20N2O4. The summed E-state index contributed by atoms with van der Waals surface area (Å²) in [7, 11) is 1.51. The molecule has 0 saturated heterocycles. The minimum absolute atomic E-state index is 0.196.